The Morgan fingerprint density at radius 1 is 0.917 bits per heavy atom. The molecule has 0 saturated carbocycles. The van der Waals surface area contributed by atoms with Gasteiger partial charge in [0, 0.05) is 24.5 Å². The molecule has 0 saturated heterocycles. The number of allylic oxidation sites excluding steroid dienone is 4. The van der Waals surface area contributed by atoms with Gasteiger partial charge in [0.15, 0.2) is 5.78 Å². The Kier molecular flexibility index (Phi) is 13.2. The molecular weight excluding hydrogens is 454 g/mol. The number of carbonyl (C=O) groups is 4. The molecule has 0 aliphatic carbocycles. The highest BCUT2D eigenvalue weighted by Gasteiger charge is 2.28. The van der Waals surface area contributed by atoms with E-state index in [0.29, 0.717) is 25.0 Å². The van der Waals surface area contributed by atoms with Crippen molar-refractivity contribution in [2.45, 2.75) is 72.9 Å². The van der Waals surface area contributed by atoms with E-state index in [9.17, 15) is 19.2 Å². The van der Waals surface area contributed by atoms with Gasteiger partial charge in [-0.3, -0.25) is 19.2 Å². The first-order valence-corrected chi connectivity index (χ1v) is 12.4. The van der Waals surface area contributed by atoms with Crippen LogP contribution in [-0.2, 0) is 25.6 Å². The van der Waals surface area contributed by atoms with Crippen molar-refractivity contribution in [1.82, 2.24) is 16.0 Å². The lowest BCUT2D eigenvalue weighted by Crippen LogP contribution is -2.51. The topological polar surface area (TPSA) is 104 Å². The normalized spacial score (nSPS) is 14.9. The number of ketones is 1. The van der Waals surface area contributed by atoms with Crippen LogP contribution in [0.3, 0.4) is 0 Å². The zero-order chi connectivity index (χ0) is 27.3. The maximum Gasteiger partial charge on any atom is 0.242 e. The van der Waals surface area contributed by atoms with Gasteiger partial charge in [0.25, 0.3) is 0 Å². The van der Waals surface area contributed by atoms with E-state index in [1.165, 1.54) is 6.92 Å². The Balaban J connectivity index is 2.86. The Labute approximate surface area is 215 Å². The molecule has 196 valence electrons. The molecular formula is C29H41N3O4. The van der Waals surface area contributed by atoms with Crippen LogP contribution in [0, 0.1) is 11.8 Å². The van der Waals surface area contributed by atoms with Gasteiger partial charge >= 0.3 is 0 Å². The molecule has 0 spiro atoms. The Bertz CT molecular complexity index is 981. The van der Waals surface area contributed by atoms with Gasteiger partial charge in [0.05, 0.1) is 6.04 Å². The first kappa shape index (κ1) is 30.6. The van der Waals surface area contributed by atoms with Gasteiger partial charge in [0.2, 0.25) is 17.7 Å². The van der Waals surface area contributed by atoms with Crippen LogP contribution in [-0.4, -0.2) is 35.6 Å². The summed E-state index contributed by atoms with van der Waals surface area (Å²) in [5.41, 5.74) is 2.33. The zero-order valence-electron chi connectivity index (χ0n) is 22.4. The lowest BCUT2D eigenvalue weighted by atomic mass is 9.89. The molecule has 7 nitrogen and oxygen atoms in total. The van der Waals surface area contributed by atoms with Crippen molar-refractivity contribution in [1.29, 1.82) is 0 Å². The number of carbonyl (C=O) groups excluding carboxylic acids is 4. The number of amides is 3. The van der Waals surface area contributed by atoms with Crippen LogP contribution in [0.4, 0.5) is 0 Å². The van der Waals surface area contributed by atoms with Crippen LogP contribution in [0.25, 0.3) is 0 Å². The van der Waals surface area contributed by atoms with Gasteiger partial charge in [-0.25, -0.2) is 0 Å². The summed E-state index contributed by atoms with van der Waals surface area (Å²) in [7, 11) is 0. The quantitative estimate of drug-likeness (QED) is 0.339. The molecule has 4 unspecified atom stereocenters. The smallest absolute Gasteiger partial charge is 0.242 e. The third-order valence-corrected chi connectivity index (χ3v) is 5.89. The second-order valence-electron chi connectivity index (χ2n) is 9.33. The van der Waals surface area contributed by atoms with Crippen LogP contribution in [0.1, 0.15) is 59.9 Å². The van der Waals surface area contributed by atoms with Crippen molar-refractivity contribution < 1.29 is 19.2 Å². The molecule has 0 aliphatic rings. The Hall–Kier alpha value is -3.48. The summed E-state index contributed by atoms with van der Waals surface area (Å²) in [4.78, 5) is 50.0. The summed E-state index contributed by atoms with van der Waals surface area (Å²) >= 11 is 0. The fourth-order valence-electron chi connectivity index (χ4n) is 3.60. The van der Waals surface area contributed by atoms with Crippen LogP contribution in [0.15, 0.2) is 66.4 Å². The van der Waals surface area contributed by atoms with Crippen molar-refractivity contribution >= 4 is 23.5 Å². The zero-order valence-corrected chi connectivity index (χ0v) is 22.4. The predicted molar refractivity (Wildman–Crippen MR) is 144 cm³/mol. The standard InChI is InChI=1S/C29H41N3O4/c1-8-9-15-25(19(2)3)31-28(35)21(5)17-16-20(4)27(34)26(18-24-13-11-10-12-14-24)32-29(36)22(6)30-23(7)33/h8-15,20-22,26H,2,16-18H2,1,3-7H3,(H,30,33)(H,31,35)(H,32,36)/b9-8-,25-15+. The highest BCUT2D eigenvalue weighted by molar-refractivity contribution is 5.93. The SMILES string of the molecule is C=C(C)/C(=C\C=C/C)NC(=O)C(C)CCC(C)C(=O)C(Cc1ccccc1)NC(=O)C(C)NC(C)=O. The molecule has 0 bridgehead atoms. The van der Waals surface area contributed by atoms with Crippen molar-refractivity contribution in [3.8, 4) is 0 Å². The van der Waals surface area contributed by atoms with Crippen LogP contribution < -0.4 is 16.0 Å². The highest BCUT2D eigenvalue weighted by atomic mass is 16.2. The van der Waals surface area contributed by atoms with E-state index in [1.54, 1.807) is 13.0 Å². The molecule has 4 atom stereocenters. The summed E-state index contributed by atoms with van der Waals surface area (Å²) in [6, 6.07) is 7.96. The van der Waals surface area contributed by atoms with Crippen LogP contribution in [0.5, 0.6) is 0 Å². The maximum absolute atomic E-state index is 13.4. The Morgan fingerprint density at radius 3 is 2.08 bits per heavy atom. The highest BCUT2D eigenvalue weighted by Crippen LogP contribution is 2.18. The van der Waals surface area contributed by atoms with Crippen molar-refractivity contribution in [3.05, 3.63) is 72.0 Å². The lowest BCUT2D eigenvalue weighted by molar-refractivity contribution is -0.132. The molecule has 1 rings (SSSR count). The number of rotatable bonds is 14. The van der Waals surface area contributed by atoms with E-state index in [2.05, 4.69) is 22.5 Å². The van der Waals surface area contributed by atoms with Gasteiger partial charge in [0.1, 0.15) is 6.04 Å². The molecule has 1 aromatic rings. The maximum atomic E-state index is 13.4. The summed E-state index contributed by atoms with van der Waals surface area (Å²) in [5.74, 6) is -1.66. The largest absolute Gasteiger partial charge is 0.345 e. The van der Waals surface area contributed by atoms with E-state index in [4.69, 9.17) is 0 Å². The number of Topliss-reactive ketones (excluding diaryl/α,β-unsaturated/α-hetero) is 1. The monoisotopic (exact) mass is 495 g/mol. The fraction of sp³-hybridized carbons (Fsp3) is 0.448. The average Bonchev–Trinajstić information content (AvgIpc) is 2.83. The van der Waals surface area contributed by atoms with Gasteiger partial charge in [-0.05, 0) is 57.2 Å². The third kappa shape index (κ3) is 10.8. The molecule has 0 heterocycles. The minimum absolute atomic E-state index is 0.106. The van der Waals surface area contributed by atoms with Crippen LogP contribution >= 0.6 is 0 Å². The molecule has 0 aliphatic heterocycles. The van der Waals surface area contributed by atoms with Gasteiger partial charge in [-0.1, -0.05) is 62.9 Å². The van der Waals surface area contributed by atoms with E-state index in [-0.39, 0.29) is 29.4 Å². The summed E-state index contributed by atoms with van der Waals surface area (Å²) in [5, 5.41) is 8.27. The molecule has 0 radical (unpaired) electrons. The van der Waals surface area contributed by atoms with E-state index in [0.717, 1.165) is 11.1 Å². The molecule has 0 aromatic heterocycles. The number of benzene rings is 1. The number of hydrogen-bond acceptors (Lipinski definition) is 4. The molecule has 1 aromatic carbocycles. The minimum atomic E-state index is -0.759. The van der Waals surface area contributed by atoms with Crippen LogP contribution in [0.2, 0.25) is 0 Å². The fourth-order valence-corrected chi connectivity index (χ4v) is 3.60. The van der Waals surface area contributed by atoms with Gasteiger partial charge in [-0.15, -0.1) is 0 Å². The lowest BCUT2D eigenvalue weighted by Gasteiger charge is -2.24. The molecule has 0 fully saturated rings. The molecule has 3 N–H and O–H groups in total. The molecule has 36 heavy (non-hydrogen) atoms. The van der Waals surface area contributed by atoms with Gasteiger partial charge < -0.3 is 16.0 Å². The van der Waals surface area contributed by atoms with Crippen molar-refractivity contribution in [2.24, 2.45) is 11.8 Å². The number of hydrogen-bond donors (Lipinski definition) is 3. The second kappa shape index (κ2) is 15.5. The van der Waals surface area contributed by atoms with Crippen molar-refractivity contribution in [3.63, 3.8) is 0 Å². The number of nitrogens with one attached hydrogen (secondary N) is 3. The molecule has 3 amide bonds. The second-order valence-corrected chi connectivity index (χ2v) is 9.33. The molecule has 7 heteroatoms. The van der Waals surface area contributed by atoms with E-state index in [1.807, 2.05) is 70.2 Å². The predicted octanol–water partition coefficient (Wildman–Crippen LogP) is 4.01. The summed E-state index contributed by atoms with van der Waals surface area (Å²) in [6.45, 7) is 14.2. The van der Waals surface area contributed by atoms with Crippen molar-refractivity contribution in [2.75, 3.05) is 0 Å². The Morgan fingerprint density at radius 2 is 1.53 bits per heavy atom. The minimum Gasteiger partial charge on any atom is -0.345 e. The summed E-state index contributed by atoms with van der Waals surface area (Å²) < 4.78 is 0. The third-order valence-electron chi connectivity index (χ3n) is 5.89. The average molecular weight is 496 g/mol. The van der Waals surface area contributed by atoms with E-state index < -0.39 is 18.0 Å². The first-order chi connectivity index (χ1) is 17.0. The van der Waals surface area contributed by atoms with E-state index >= 15 is 0 Å². The first-order valence-electron chi connectivity index (χ1n) is 12.4. The summed E-state index contributed by atoms with van der Waals surface area (Å²) in [6.07, 6.45) is 6.86. The van der Waals surface area contributed by atoms with Gasteiger partial charge in [-0.2, -0.15) is 0 Å².